The van der Waals surface area contributed by atoms with Gasteiger partial charge in [-0.3, -0.25) is 9.48 Å². The number of hydrogen-bond acceptors (Lipinski definition) is 4. The van der Waals surface area contributed by atoms with Gasteiger partial charge in [-0.2, -0.15) is 10.4 Å². The van der Waals surface area contributed by atoms with Gasteiger partial charge in [0.25, 0.3) is 5.91 Å². The highest BCUT2D eigenvalue weighted by atomic mass is 16.2. The van der Waals surface area contributed by atoms with Crippen LogP contribution in [0.2, 0.25) is 0 Å². The average molecular weight is 239 g/mol. The van der Waals surface area contributed by atoms with Gasteiger partial charge in [0, 0.05) is 18.3 Å². The van der Waals surface area contributed by atoms with E-state index in [0.29, 0.717) is 30.2 Å². The van der Waals surface area contributed by atoms with E-state index in [1.54, 1.807) is 29.1 Å². The summed E-state index contributed by atoms with van der Waals surface area (Å²) in [5, 5.41) is 15.9. The van der Waals surface area contributed by atoms with E-state index in [4.69, 9.17) is 5.26 Å². The third kappa shape index (κ3) is 1.62. The van der Waals surface area contributed by atoms with Crippen molar-refractivity contribution in [2.45, 2.75) is 6.54 Å². The molecule has 3 heterocycles. The highest BCUT2D eigenvalue weighted by Crippen LogP contribution is 2.20. The molecule has 0 atom stereocenters. The van der Waals surface area contributed by atoms with E-state index in [9.17, 15) is 4.79 Å². The minimum atomic E-state index is -0.116. The summed E-state index contributed by atoms with van der Waals surface area (Å²) < 4.78 is 1.68. The summed E-state index contributed by atoms with van der Waals surface area (Å²) in [6.07, 6.45) is 1.56. The second-order valence-corrected chi connectivity index (χ2v) is 3.94. The fourth-order valence-electron chi connectivity index (χ4n) is 1.93. The van der Waals surface area contributed by atoms with Crippen molar-refractivity contribution in [3.63, 3.8) is 0 Å². The first kappa shape index (κ1) is 10.5. The Balaban J connectivity index is 2.07. The quantitative estimate of drug-likeness (QED) is 0.788. The van der Waals surface area contributed by atoms with Crippen LogP contribution < -0.4 is 5.32 Å². The summed E-state index contributed by atoms with van der Waals surface area (Å²) in [4.78, 5) is 15.5. The Labute approximate surface area is 103 Å². The van der Waals surface area contributed by atoms with Crippen LogP contribution in [-0.4, -0.2) is 27.2 Å². The van der Waals surface area contributed by atoms with Crippen LogP contribution in [0.3, 0.4) is 0 Å². The molecule has 3 rings (SSSR count). The number of nitriles is 1. The number of carbonyl (C=O) groups is 1. The topological polar surface area (TPSA) is 83.6 Å². The van der Waals surface area contributed by atoms with Gasteiger partial charge in [0.05, 0.1) is 12.2 Å². The fourth-order valence-corrected chi connectivity index (χ4v) is 1.93. The van der Waals surface area contributed by atoms with Crippen molar-refractivity contribution in [3.05, 3.63) is 35.8 Å². The van der Waals surface area contributed by atoms with Crippen LogP contribution in [0.5, 0.6) is 0 Å². The Morgan fingerprint density at radius 1 is 1.44 bits per heavy atom. The summed E-state index contributed by atoms with van der Waals surface area (Å²) in [7, 11) is 0. The molecular weight excluding hydrogens is 230 g/mol. The van der Waals surface area contributed by atoms with Crippen molar-refractivity contribution in [1.82, 2.24) is 20.1 Å². The number of fused-ring (bicyclic) bond motifs is 1. The molecule has 1 aliphatic heterocycles. The van der Waals surface area contributed by atoms with E-state index >= 15 is 0 Å². The lowest BCUT2D eigenvalue weighted by Crippen LogP contribution is -2.35. The summed E-state index contributed by atoms with van der Waals surface area (Å²) in [5.74, 6) is -0.116. The summed E-state index contributed by atoms with van der Waals surface area (Å²) in [6, 6.07) is 7.14. The van der Waals surface area contributed by atoms with Gasteiger partial charge in [0.1, 0.15) is 17.5 Å². The molecular formula is C12H9N5O. The van der Waals surface area contributed by atoms with Crippen LogP contribution in [0.25, 0.3) is 11.3 Å². The molecule has 0 spiro atoms. The molecule has 6 heteroatoms. The minimum absolute atomic E-state index is 0.116. The molecule has 1 N–H and O–H groups in total. The summed E-state index contributed by atoms with van der Waals surface area (Å²) in [5.41, 5.74) is 2.35. The smallest absolute Gasteiger partial charge is 0.269 e. The number of nitrogens with one attached hydrogen (secondary N) is 1. The van der Waals surface area contributed by atoms with E-state index in [0.717, 1.165) is 5.56 Å². The molecule has 0 unspecified atom stereocenters. The Morgan fingerprint density at radius 2 is 2.33 bits per heavy atom. The third-order valence-corrected chi connectivity index (χ3v) is 2.79. The van der Waals surface area contributed by atoms with E-state index in [1.165, 1.54) is 0 Å². The maximum atomic E-state index is 11.6. The zero-order valence-electron chi connectivity index (χ0n) is 9.42. The van der Waals surface area contributed by atoms with Crippen LogP contribution in [0.4, 0.5) is 0 Å². The average Bonchev–Trinajstić information content (AvgIpc) is 2.84. The number of hydrogen-bond donors (Lipinski definition) is 1. The second-order valence-electron chi connectivity index (χ2n) is 3.94. The zero-order chi connectivity index (χ0) is 12.5. The molecule has 2 aromatic rings. The van der Waals surface area contributed by atoms with E-state index in [-0.39, 0.29) is 5.91 Å². The lowest BCUT2D eigenvalue weighted by molar-refractivity contribution is 0.0924. The van der Waals surface area contributed by atoms with Crippen molar-refractivity contribution < 1.29 is 4.79 Å². The number of aromatic nitrogens is 3. The number of pyridine rings is 1. The summed E-state index contributed by atoms with van der Waals surface area (Å²) in [6.45, 7) is 1.25. The van der Waals surface area contributed by atoms with Crippen molar-refractivity contribution >= 4 is 5.91 Å². The third-order valence-electron chi connectivity index (χ3n) is 2.79. The lowest BCUT2D eigenvalue weighted by Gasteiger charge is -2.13. The monoisotopic (exact) mass is 239 g/mol. The molecule has 0 fully saturated rings. The highest BCUT2D eigenvalue weighted by Gasteiger charge is 2.19. The van der Waals surface area contributed by atoms with Crippen molar-refractivity contribution in [2.75, 3.05) is 6.54 Å². The molecule has 0 bridgehead atoms. The van der Waals surface area contributed by atoms with E-state index in [1.807, 2.05) is 6.07 Å². The normalized spacial score (nSPS) is 13.6. The molecule has 88 valence electrons. The van der Waals surface area contributed by atoms with Gasteiger partial charge in [-0.15, -0.1) is 0 Å². The van der Waals surface area contributed by atoms with Crippen molar-refractivity contribution in [1.29, 1.82) is 5.26 Å². The molecule has 2 aromatic heterocycles. The first-order valence-corrected chi connectivity index (χ1v) is 5.50. The SMILES string of the molecule is N#Cc1cc(-c2cc3n(n2)CCNC3=O)ccn1. The van der Waals surface area contributed by atoms with Gasteiger partial charge >= 0.3 is 0 Å². The molecule has 0 aliphatic carbocycles. The number of carbonyl (C=O) groups excluding carboxylic acids is 1. The maximum Gasteiger partial charge on any atom is 0.269 e. The molecule has 1 amide bonds. The van der Waals surface area contributed by atoms with Gasteiger partial charge in [0.2, 0.25) is 0 Å². The molecule has 0 aromatic carbocycles. The summed E-state index contributed by atoms with van der Waals surface area (Å²) >= 11 is 0. The van der Waals surface area contributed by atoms with E-state index < -0.39 is 0 Å². The second kappa shape index (κ2) is 3.96. The molecule has 0 saturated heterocycles. The molecule has 18 heavy (non-hydrogen) atoms. The predicted molar refractivity (Wildman–Crippen MR) is 62.5 cm³/mol. The Kier molecular flexibility index (Phi) is 2.31. The van der Waals surface area contributed by atoms with Gasteiger partial charge in [-0.05, 0) is 18.2 Å². The van der Waals surface area contributed by atoms with Crippen molar-refractivity contribution in [3.8, 4) is 17.3 Å². The Bertz CT molecular complexity index is 667. The fraction of sp³-hybridized carbons (Fsp3) is 0.167. The van der Waals surface area contributed by atoms with Crippen LogP contribution in [-0.2, 0) is 6.54 Å². The van der Waals surface area contributed by atoms with Gasteiger partial charge < -0.3 is 5.32 Å². The van der Waals surface area contributed by atoms with Gasteiger partial charge in [0.15, 0.2) is 0 Å². The Morgan fingerprint density at radius 3 is 3.11 bits per heavy atom. The first-order chi connectivity index (χ1) is 8.78. The van der Waals surface area contributed by atoms with Crippen molar-refractivity contribution in [2.24, 2.45) is 0 Å². The molecule has 0 radical (unpaired) electrons. The predicted octanol–water partition coefficient (Wildman–Crippen LogP) is 0.560. The highest BCUT2D eigenvalue weighted by molar-refractivity contribution is 5.94. The largest absolute Gasteiger partial charge is 0.349 e. The first-order valence-electron chi connectivity index (χ1n) is 5.50. The number of rotatable bonds is 1. The zero-order valence-corrected chi connectivity index (χ0v) is 9.42. The number of nitrogens with zero attached hydrogens (tertiary/aromatic N) is 4. The van der Waals surface area contributed by atoms with Crippen LogP contribution in [0.1, 0.15) is 16.2 Å². The van der Waals surface area contributed by atoms with Gasteiger partial charge in [-0.1, -0.05) is 0 Å². The van der Waals surface area contributed by atoms with Crippen LogP contribution in [0.15, 0.2) is 24.4 Å². The lowest BCUT2D eigenvalue weighted by atomic mass is 10.1. The minimum Gasteiger partial charge on any atom is -0.349 e. The van der Waals surface area contributed by atoms with Crippen LogP contribution >= 0.6 is 0 Å². The molecule has 0 saturated carbocycles. The molecule has 1 aliphatic rings. The molecule has 6 nitrogen and oxygen atoms in total. The Hall–Kier alpha value is -2.68. The standard InChI is InChI=1S/C12H9N5O/c13-7-9-5-8(1-2-14-9)10-6-11-12(18)15-3-4-17(11)16-10/h1-2,5-6H,3-4H2,(H,15,18). The maximum absolute atomic E-state index is 11.6. The van der Waals surface area contributed by atoms with E-state index in [2.05, 4.69) is 15.4 Å². The number of amides is 1. The van der Waals surface area contributed by atoms with Gasteiger partial charge in [-0.25, -0.2) is 4.98 Å². The van der Waals surface area contributed by atoms with Crippen LogP contribution in [0, 0.1) is 11.3 Å².